The molecule has 0 aromatic heterocycles. The van der Waals surface area contributed by atoms with Gasteiger partial charge in [0.25, 0.3) is 0 Å². The topological polar surface area (TPSA) is 53.0 Å². The molecule has 0 aliphatic rings. The molecule has 0 aliphatic heterocycles. The first-order valence-corrected chi connectivity index (χ1v) is 3.61. The molecule has 1 aromatic rings. The summed E-state index contributed by atoms with van der Waals surface area (Å²) in [5, 5.41) is 8.64. The van der Waals surface area contributed by atoms with Crippen LogP contribution in [0.1, 0.15) is 5.56 Å². The monoisotopic (exact) mass is 161 g/mol. The lowest BCUT2D eigenvalue weighted by Crippen LogP contribution is -2.09. The molecule has 3 heteroatoms. The number of nitriles is 1. The quantitative estimate of drug-likeness (QED) is 0.630. The normalized spacial score (nSPS) is 9.08. The summed E-state index contributed by atoms with van der Waals surface area (Å²) in [6, 6.07) is 7.35. The first-order chi connectivity index (χ1) is 5.63. The van der Waals surface area contributed by atoms with Crippen LogP contribution in [0.5, 0.6) is 0 Å². The van der Waals surface area contributed by atoms with Crippen LogP contribution in [0.2, 0.25) is 0 Å². The molecule has 1 rings (SSSR count). The van der Waals surface area contributed by atoms with Crippen molar-refractivity contribution in [1.82, 2.24) is 0 Å². The third kappa shape index (κ3) is 1.67. The van der Waals surface area contributed by atoms with Crippen molar-refractivity contribution in [2.24, 2.45) is 0 Å². The molecule has 0 saturated carbocycles. The van der Waals surface area contributed by atoms with Gasteiger partial charge in [0.05, 0.1) is 11.6 Å². The molecule has 0 amide bonds. The maximum absolute atomic E-state index is 8.64. The Morgan fingerprint density at radius 1 is 1.33 bits per heavy atom. The molecule has 62 valence electrons. The number of anilines is 2. The van der Waals surface area contributed by atoms with Gasteiger partial charge in [-0.3, -0.25) is 0 Å². The lowest BCUT2D eigenvalue weighted by Gasteiger charge is -2.12. The number of nitrogen functional groups attached to an aromatic ring is 1. The summed E-state index contributed by atoms with van der Waals surface area (Å²) in [7, 11) is 3.83. The predicted molar refractivity (Wildman–Crippen MR) is 49.9 cm³/mol. The van der Waals surface area contributed by atoms with Crippen molar-refractivity contribution in [2.45, 2.75) is 0 Å². The number of nitrogens with two attached hydrogens (primary N) is 1. The number of hydrogen-bond acceptors (Lipinski definition) is 3. The van der Waals surface area contributed by atoms with Crippen LogP contribution < -0.4 is 10.6 Å². The molecule has 0 bridgehead atoms. The first kappa shape index (κ1) is 8.41. The fourth-order valence-corrected chi connectivity index (χ4v) is 0.957. The fraction of sp³-hybridized carbons (Fsp3) is 0.222. The van der Waals surface area contributed by atoms with Gasteiger partial charge in [-0.2, -0.15) is 5.26 Å². The second-order valence-corrected chi connectivity index (χ2v) is 2.82. The number of hydrogen-bond donors (Lipinski definition) is 1. The van der Waals surface area contributed by atoms with Crippen LogP contribution in [-0.2, 0) is 0 Å². The largest absolute Gasteiger partial charge is 0.399 e. The molecule has 0 saturated heterocycles. The van der Waals surface area contributed by atoms with Crippen LogP contribution in [0.3, 0.4) is 0 Å². The third-order valence-electron chi connectivity index (χ3n) is 1.59. The highest BCUT2D eigenvalue weighted by Gasteiger charge is 1.99. The molecule has 0 heterocycles. The van der Waals surface area contributed by atoms with Crippen molar-refractivity contribution in [3.8, 4) is 6.07 Å². The standard InChI is InChI=1S/C9H11N3/c1-12(2)9-4-7(6-10)3-8(11)5-9/h3-5H,11H2,1-2H3. The zero-order valence-electron chi connectivity index (χ0n) is 7.20. The van der Waals surface area contributed by atoms with E-state index in [1.54, 1.807) is 12.1 Å². The molecule has 0 fully saturated rings. The van der Waals surface area contributed by atoms with Crippen molar-refractivity contribution in [3.63, 3.8) is 0 Å². The number of nitrogens with zero attached hydrogens (tertiary/aromatic N) is 2. The Morgan fingerprint density at radius 3 is 2.50 bits per heavy atom. The zero-order valence-corrected chi connectivity index (χ0v) is 7.20. The van der Waals surface area contributed by atoms with Gasteiger partial charge in [0.1, 0.15) is 0 Å². The van der Waals surface area contributed by atoms with E-state index in [0.717, 1.165) is 5.69 Å². The molecule has 0 atom stereocenters. The van der Waals surface area contributed by atoms with Gasteiger partial charge in [0, 0.05) is 25.5 Å². The van der Waals surface area contributed by atoms with Crippen LogP contribution in [0.15, 0.2) is 18.2 Å². The van der Waals surface area contributed by atoms with E-state index in [9.17, 15) is 0 Å². The Bertz CT molecular complexity index is 323. The van der Waals surface area contributed by atoms with Crippen molar-refractivity contribution in [1.29, 1.82) is 5.26 Å². The van der Waals surface area contributed by atoms with E-state index in [4.69, 9.17) is 11.0 Å². The van der Waals surface area contributed by atoms with E-state index in [1.165, 1.54) is 0 Å². The van der Waals surface area contributed by atoms with Gasteiger partial charge in [-0.05, 0) is 18.2 Å². The summed E-state index contributed by atoms with van der Waals surface area (Å²) >= 11 is 0. The van der Waals surface area contributed by atoms with Crippen LogP contribution in [0.25, 0.3) is 0 Å². The molecular weight excluding hydrogens is 150 g/mol. The average Bonchev–Trinajstić information content (AvgIpc) is 2.03. The molecule has 2 N–H and O–H groups in total. The summed E-state index contributed by atoms with van der Waals surface area (Å²) in [5.74, 6) is 0. The summed E-state index contributed by atoms with van der Waals surface area (Å²) < 4.78 is 0. The highest BCUT2D eigenvalue weighted by Crippen LogP contribution is 2.17. The molecule has 12 heavy (non-hydrogen) atoms. The predicted octanol–water partition coefficient (Wildman–Crippen LogP) is 1.21. The lowest BCUT2D eigenvalue weighted by atomic mass is 10.2. The zero-order chi connectivity index (χ0) is 9.14. The molecular formula is C9H11N3. The number of rotatable bonds is 1. The van der Waals surface area contributed by atoms with Crippen molar-refractivity contribution in [2.75, 3.05) is 24.7 Å². The van der Waals surface area contributed by atoms with Crippen LogP contribution in [0.4, 0.5) is 11.4 Å². The SMILES string of the molecule is CN(C)c1cc(N)cc(C#N)c1. The minimum atomic E-state index is 0.596. The van der Waals surface area contributed by atoms with E-state index in [2.05, 4.69) is 6.07 Å². The van der Waals surface area contributed by atoms with Crippen molar-refractivity contribution >= 4 is 11.4 Å². The molecule has 1 aromatic carbocycles. The molecule has 0 radical (unpaired) electrons. The van der Waals surface area contributed by atoms with E-state index in [-0.39, 0.29) is 0 Å². The Morgan fingerprint density at radius 2 is 2.00 bits per heavy atom. The molecule has 3 nitrogen and oxygen atoms in total. The Balaban J connectivity index is 3.17. The first-order valence-electron chi connectivity index (χ1n) is 3.61. The second kappa shape index (κ2) is 3.14. The summed E-state index contributed by atoms with van der Waals surface area (Å²) in [6.07, 6.45) is 0. The Kier molecular flexibility index (Phi) is 2.20. The van der Waals surface area contributed by atoms with Gasteiger partial charge in [0.2, 0.25) is 0 Å². The van der Waals surface area contributed by atoms with Crippen LogP contribution in [-0.4, -0.2) is 14.1 Å². The van der Waals surface area contributed by atoms with Crippen molar-refractivity contribution in [3.05, 3.63) is 23.8 Å². The summed E-state index contributed by atoms with van der Waals surface area (Å²) in [5.41, 5.74) is 7.76. The average molecular weight is 161 g/mol. The maximum Gasteiger partial charge on any atom is 0.0993 e. The van der Waals surface area contributed by atoms with E-state index < -0.39 is 0 Å². The fourth-order valence-electron chi connectivity index (χ4n) is 0.957. The second-order valence-electron chi connectivity index (χ2n) is 2.82. The van der Waals surface area contributed by atoms with Crippen LogP contribution >= 0.6 is 0 Å². The minimum Gasteiger partial charge on any atom is -0.399 e. The minimum absolute atomic E-state index is 0.596. The Labute approximate surface area is 72.0 Å². The smallest absolute Gasteiger partial charge is 0.0993 e. The lowest BCUT2D eigenvalue weighted by molar-refractivity contribution is 1.13. The third-order valence-corrected chi connectivity index (χ3v) is 1.59. The van der Waals surface area contributed by atoms with Gasteiger partial charge in [-0.1, -0.05) is 0 Å². The Hall–Kier alpha value is -1.69. The maximum atomic E-state index is 8.64. The summed E-state index contributed by atoms with van der Waals surface area (Å²) in [6.45, 7) is 0. The van der Waals surface area contributed by atoms with Gasteiger partial charge in [0.15, 0.2) is 0 Å². The van der Waals surface area contributed by atoms with Gasteiger partial charge in [-0.25, -0.2) is 0 Å². The molecule has 0 unspecified atom stereocenters. The van der Waals surface area contributed by atoms with E-state index in [1.807, 2.05) is 25.1 Å². The highest BCUT2D eigenvalue weighted by molar-refractivity contribution is 5.60. The number of benzene rings is 1. The van der Waals surface area contributed by atoms with E-state index in [0.29, 0.717) is 11.3 Å². The van der Waals surface area contributed by atoms with Crippen LogP contribution in [0, 0.1) is 11.3 Å². The van der Waals surface area contributed by atoms with Crippen molar-refractivity contribution < 1.29 is 0 Å². The summed E-state index contributed by atoms with van der Waals surface area (Å²) in [4.78, 5) is 1.91. The van der Waals surface area contributed by atoms with E-state index >= 15 is 0 Å². The van der Waals surface area contributed by atoms with Gasteiger partial charge >= 0.3 is 0 Å². The highest BCUT2D eigenvalue weighted by atomic mass is 15.1. The van der Waals surface area contributed by atoms with Gasteiger partial charge < -0.3 is 10.6 Å². The molecule has 0 aliphatic carbocycles. The van der Waals surface area contributed by atoms with Gasteiger partial charge in [-0.15, -0.1) is 0 Å². The molecule has 0 spiro atoms.